The molecule has 2 aromatic carbocycles. The number of benzene rings is 2. The van der Waals surface area contributed by atoms with Crippen LogP contribution in [0.5, 0.6) is 0 Å². The van der Waals surface area contributed by atoms with Crippen molar-refractivity contribution < 1.29 is 13.5 Å². The number of hydrogen-bond acceptors (Lipinski definition) is 5. The number of nitrogens with zero attached hydrogens (tertiary/aromatic N) is 2. The van der Waals surface area contributed by atoms with Gasteiger partial charge in [0.2, 0.25) is 0 Å². The highest BCUT2D eigenvalue weighted by molar-refractivity contribution is 7.91. The second kappa shape index (κ2) is 7.72. The van der Waals surface area contributed by atoms with Crippen LogP contribution in [0.3, 0.4) is 0 Å². The highest BCUT2D eigenvalue weighted by Gasteiger charge is 2.41. The molecule has 2 aromatic rings. The third kappa shape index (κ3) is 4.09. The van der Waals surface area contributed by atoms with Gasteiger partial charge in [0.1, 0.15) is 0 Å². The Bertz CT molecular complexity index is 810. The second-order valence-electron chi connectivity index (χ2n) is 7.51. The summed E-state index contributed by atoms with van der Waals surface area (Å²) in [6.45, 7) is 3.23. The van der Waals surface area contributed by atoms with Crippen molar-refractivity contribution >= 4 is 9.84 Å². The molecule has 1 N–H and O–H groups in total. The van der Waals surface area contributed by atoms with E-state index in [4.69, 9.17) is 0 Å². The van der Waals surface area contributed by atoms with E-state index in [9.17, 15) is 13.5 Å². The van der Waals surface area contributed by atoms with Crippen molar-refractivity contribution in [1.29, 1.82) is 0 Å². The maximum Gasteiger partial charge on any atom is 0.154 e. The number of sulfone groups is 1. The van der Waals surface area contributed by atoms with Crippen molar-refractivity contribution in [2.45, 2.75) is 18.2 Å². The van der Waals surface area contributed by atoms with E-state index in [-0.39, 0.29) is 23.6 Å². The zero-order chi connectivity index (χ0) is 18.9. The molecule has 144 valence electrons. The summed E-state index contributed by atoms with van der Waals surface area (Å²) in [5.74, 6) is -0.0243. The number of piperazine rings is 1. The van der Waals surface area contributed by atoms with Crippen molar-refractivity contribution in [3.63, 3.8) is 0 Å². The minimum absolute atomic E-state index is 0.0783. The molecule has 4 rings (SSSR count). The lowest BCUT2D eigenvalue weighted by molar-refractivity contribution is 0.0361. The number of aliphatic hydroxyl groups is 1. The lowest BCUT2D eigenvalue weighted by Crippen LogP contribution is -2.54. The third-order valence-electron chi connectivity index (χ3n) is 5.71. The predicted molar refractivity (Wildman–Crippen MR) is 106 cm³/mol. The molecule has 0 spiro atoms. The summed E-state index contributed by atoms with van der Waals surface area (Å²) >= 11 is 0. The van der Waals surface area contributed by atoms with E-state index >= 15 is 0 Å². The Morgan fingerprint density at radius 2 is 1.33 bits per heavy atom. The van der Waals surface area contributed by atoms with Gasteiger partial charge in [-0.15, -0.1) is 0 Å². The van der Waals surface area contributed by atoms with Gasteiger partial charge in [-0.25, -0.2) is 8.42 Å². The molecule has 2 heterocycles. The summed E-state index contributed by atoms with van der Waals surface area (Å²) in [5.41, 5.74) is 2.53. The summed E-state index contributed by atoms with van der Waals surface area (Å²) in [7, 11) is -3.12. The number of hydrogen-bond donors (Lipinski definition) is 1. The van der Waals surface area contributed by atoms with E-state index in [1.165, 1.54) is 11.1 Å². The molecular formula is C21H26N2O3S. The first-order chi connectivity index (χ1) is 13.0. The molecule has 2 fully saturated rings. The van der Waals surface area contributed by atoms with Gasteiger partial charge in [0, 0.05) is 26.2 Å². The van der Waals surface area contributed by atoms with Crippen LogP contribution < -0.4 is 0 Å². The molecule has 27 heavy (non-hydrogen) atoms. The van der Waals surface area contributed by atoms with Gasteiger partial charge in [-0.05, 0) is 11.1 Å². The van der Waals surface area contributed by atoms with E-state index in [1.54, 1.807) is 0 Å². The Morgan fingerprint density at radius 1 is 0.815 bits per heavy atom. The van der Waals surface area contributed by atoms with Gasteiger partial charge in [-0.3, -0.25) is 9.80 Å². The third-order valence-corrected chi connectivity index (χ3v) is 7.41. The molecule has 0 bridgehead atoms. The molecule has 2 aliphatic heterocycles. The van der Waals surface area contributed by atoms with Crippen molar-refractivity contribution in [3.05, 3.63) is 71.8 Å². The molecule has 0 unspecified atom stereocenters. The smallest absolute Gasteiger partial charge is 0.154 e. The fourth-order valence-electron chi connectivity index (χ4n) is 4.37. The number of aliphatic hydroxyl groups excluding tert-OH is 1. The van der Waals surface area contributed by atoms with E-state index in [0.717, 1.165) is 26.2 Å². The quantitative estimate of drug-likeness (QED) is 0.864. The fourth-order valence-corrected chi connectivity index (χ4v) is 6.20. The van der Waals surface area contributed by atoms with E-state index < -0.39 is 15.9 Å². The average molecular weight is 387 g/mol. The maximum atomic E-state index is 11.8. The molecule has 2 aliphatic rings. The molecule has 2 saturated heterocycles. The fraction of sp³-hybridized carbons (Fsp3) is 0.429. The Labute approximate surface area is 161 Å². The van der Waals surface area contributed by atoms with Gasteiger partial charge in [-0.2, -0.15) is 0 Å². The van der Waals surface area contributed by atoms with Crippen LogP contribution in [-0.2, 0) is 9.84 Å². The summed E-state index contributed by atoms with van der Waals surface area (Å²) < 4.78 is 23.7. The summed E-state index contributed by atoms with van der Waals surface area (Å²) in [6, 6.07) is 20.9. The Kier molecular flexibility index (Phi) is 5.32. The standard InChI is InChI=1S/C21H26N2O3S/c24-20-16-27(25,26)15-19(20)22-11-13-23(14-12-22)21(17-7-3-1-4-8-17)18-9-5-2-6-10-18/h1-10,19-21,24H,11-16H2/t19-,20+/m1/s1. The topological polar surface area (TPSA) is 60.9 Å². The summed E-state index contributed by atoms with van der Waals surface area (Å²) in [6.07, 6.45) is -0.763. The molecule has 6 heteroatoms. The molecule has 0 radical (unpaired) electrons. The normalized spacial score (nSPS) is 26.4. The van der Waals surface area contributed by atoms with Crippen LogP contribution in [0.2, 0.25) is 0 Å². The van der Waals surface area contributed by atoms with Gasteiger partial charge < -0.3 is 5.11 Å². The minimum Gasteiger partial charge on any atom is -0.390 e. The molecule has 0 aliphatic carbocycles. The van der Waals surface area contributed by atoms with E-state index in [0.29, 0.717) is 0 Å². The Morgan fingerprint density at radius 3 is 1.78 bits per heavy atom. The first kappa shape index (κ1) is 18.6. The van der Waals surface area contributed by atoms with Crippen LogP contribution in [0.4, 0.5) is 0 Å². The molecule has 2 atom stereocenters. The SMILES string of the molecule is O=S1(=O)C[C@@H](N2CCN(C(c3ccccc3)c3ccccc3)CC2)[C@@H](O)C1. The van der Waals surface area contributed by atoms with Crippen LogP contribution in [0.1, 0.15) is 17.2 Å². The zero-order valence-corrected chi connectivity index (χ0v) is 16.1. The largest absolute Gasteiger partial charge is 0.390 e. The van der Waals surface area contributed by atoms with Crippen molar-refractivity contribution in [2.75, 3.05) is 37.7 Å². The van der Waals surface area contributed by atoms with Gasteiger partial charge in [0.15, 0.2) is 9.84 Å². The lowest BCUT2D eigenvalue weighted by Gasteiger charge is -2.42. The van der Waals surface area contributed by atoms with Crippen LogP contribution in [-0.4, -0.2) is 73.2 Å². The predicted octanol–water partition coefficient (Wildman–Crippen LogP) is 1.55. The molecular weight excluding hydrogens is 360 g/mol. The molecule has 0 amide bonds. The van der Waals surface area contributed by atoms with Crippen molar-refractivity contribution in [3.8, 4) is 0 Å². The summed E-state index contributed by atoms with van der Waals surface area (Å²) in [5, 5.41) is 10.2. The maximum absolute atomic E-state index is 11.8. The second-order valence-corrected chi connectivity index (χ2v) is 9.66. The monoisotopic (exact) mass is 386 g/mol. The van der Waals surface area contributed by atoms with Crippen LogP contribution >= 0.6 is 0 Å². The van der Waals surface area contributed by atoms with Gasteiger partial charge in [-0.1, -0.05) is 60.7 Å². The Balaban J connectivity index is 1.51. The molecule has 0 aromatic heterocycles. The minimum atomic E-state index is -3.12. The molecule has 5 nitrogen and oxygen atoms in total. The first-order valence-electron chi connectivity index (χ1n) is 9.50. The van der Waals surface area contributed by atoms with Crippen LogP contribution in [0.15, 0.2) is 60.7 Å². The van der Waals surface area contributed by atoms with E-state index in [2.05, 4.69) is 58.3 Å². The van der Waals surface area contributed by atoms with Crippen LogP contribution in [0.25, 0.3) is 0 Å². The van der Waals surface area contributed by atoms with Crippen molar-refractivity contribution in [2.24, 2.45) is 0 Å². The summed E-state index contributed by atoms with van der Waals surface area (Å²) in [4.78, 5) is 4.61. The van der Waals surface area contributed by atoms with Gasteiger partial charge in [0.05, 0.1) is 29.7 Å². The highest BCUT2D eigenvalue weighted by Crippen LogP contribution is 2.30. The zero-order valence-electron chi connectivity index (χ0n) is 15.3. The first-order valence-corrected chi connectivity index (χ1v) is 11.3. The highest BCUT2D eigenvalue weighted by atomic mass is 32.2. The van der Waals surface area contributed by atoms with Gasteiger partial charge in [0.25, 0.3) is 0 Å². The van der Waals surface area contributed by atoms with Gasteiger partial charge >= 0.3 is 0 Å². The van der Waals surface area contributed by atoms with E-state index in [1.807, 2.05) is 12.1 Å². The Hall–Kier alpha value is -1.73. The van der Waals surface area contributed by atoms with Crippen molar-refractivity contribution in [1.82, 2.24) is 9.80 Å². The average Bonchev–Trinajstić information content (AvgIpc) is 2.97. The van der Waals surface area contributed by atoms with Crippen LogP contribution in [0, 0.1) is 0 Å². The number of rotatable bonds is 4. The molecule has 0 saturated carbocycles. The lowest BCUT2D eigenvalue weighted by atomic mass is 9.96.